The molecule has 100 valence electrons. The van der Waals surface area contributed by atoms with Crippen molar-refractivity contribution in [1.29, 1.82) is 0 Å². The molecule has 1 aromatic carbocycles. The lowest BCUT2D eigenvalue weighted by atomic mass is 10.1. The van der Waals surface area contributed by atoms with Crippen molar-refractivity contribution in [3.8, 4) is 11.8 Å². The topological polar surface area (TPSA) is 46.3 Å². The first kappa shape index (κ1) is 14.0. The third kappa shape index (κ3) is 3.31. The Bertz CT molecular complexity index is 518. The summed E-state index contributed by atoms with van der Waals surface area (Å²) in [6, 6.07) is 7.77. The normalized spacial score (nSPS) is 18.6. The molecular weight excluding hydrogens is 256 g/mol. The first-order valence-corrected chi connectivity index (χ1v) is 7.56. The van der Waals surface area contributed by atoms with E-state index < -0.39 is 0 Å². The van der Waals surface area contributed by atoms with Gasteiger partial charge in [-0.05, 0) is 19.1 Å². The van der Waals surface area contributed by atoms with Crippen LogP contribution in [-0.4, -0.2) is 41.4 Å². The van der Waals surface area contributed by atoms with Crippen molar-refractivity contribution in [2.75, 3.05) is 24.6 Å². The summed E-state index contributed by atoms with van der Waals surface area (Å²) in [5, 5.41) is 0. The second kappa shape index (κ2) is 6.65. The van der Waals surface area contributed by atoms with Crippen LogP contribution in [-0.2, 0) is 0 Å². The van der Waals surface area contributed by atoms with Gasteiger partial charge in [-0.3, -0.25) is 4.79 Å². The number of amides is 1. The van der Waals surface area contributed by atoms with Crippen LogP contribution in [0, 0.1) is 11.8 Å². The number of benzene rings is 1. The van der Waals surface area contributed by atoms with E-state index in [1.54, 1.807) is 0 Å². The number of hydrogen-bond acceptors (Lipinski definition) is 3. The highest BCUT2D eigenvalue weighted by Gasteiger charge is 2.25. The minimum atomic E-state index is 0.0784. The number of carbonyl (C=O) groups excluding carboxylic acids is 1. The summed E-state index contributed by atoms with van der Waals surface area (Å²) in [6.45, 7) is 3.21. The number of thioether (sulfide) groups is 1. The average molecular weight is 274 g/mol. The van der Waals surface area contributed by atoms with Crippen LogP contribution in [0.5, 0.6) is 0 Å². The van der Waals surface area contributed by atoms with Crippen molar-refractivity contribution in [3.05, 3.63) is 35.4 Å². The molecule has 0 aliphatic carbocycles. The van der Waals surface area contributed by atoms with Crippen LogP contribution in [0.25, 0.3) is 0 Å². The fourth-order valence-electron chi connectivity index (χ4n) is 2.11. The van der Waals surface area contributed by atoms with Gasteiger partial charge in [-0.25, -0.2) is 0 Å². The van der Waals surface area contributed by atoms with Gasteiger partial charge in [0.1, 0.15) is 0 Å². The summed E-state index contributed by atoms with van der Waals surface area (Å²) in [6.07, 6.45) is 0. The summed E-state index contributed by atoms with van der Waals surface area (Å²) in [5.41, 5.74) is 6.85. The lowest BCUT2D eigenvalue weighted by Crippen LogP contribution is -2.44. The molecule has 3 nitrogen and oxygen atoms in total. The molecule has 1 aromatic rings. The highest BCUT2D eigenvalue weighted by molar-refractivity contribution is 7.99. The van der Waals surface area contributed by atoms with Crippen LogP contribution in [0.1, 0.15) is 22.8 Å². The molecule has 2 N–H and O–H groups in total. The van der Waals surface area contributed by atoms with Crippen LogP contribution in [0.2, 0.25) is 0 Å². The monoisotopic (exact) mass is 274 g/mol. The van der Waals surface area contributed by atoms with E-state index in [-0.39, 0.29) is 11.9 Å². The number of nitrogens with two attached hydrogens (primary N) is 1. The third-order valence-electron chi connectivity index (χ3n) is 3.11. The van der Waals surface area contributed by atoms with Crippen molar-refractivity contribution in [1.82, 2.24) is 4.90 Å². The molecule has 1 aliphatic heterocycles. The van der Waals surface area contributed by atoms with Gasteiger partial charge in [0.25, 0.3) is 5.91 Å². The zero-order valence-corrected chi connectivity index (χ0v) is 11.9. The van der Waals surface area contributed by atoms with Gasteiger partial charge in [-0.1, -0.05) is 24.0 Å². The van der Waals surface area contributed by atoms with Gasteiger partial charge in [0, 0.05) is 29.7 Å². The van der Waals surface area contributed by atoms with Crippen molar-refractivity contribution in [2.24, 2.45) is 5.73 Å². The SMILES string of the molecule is CC1CSCCN1C(=O)c1ccccc1C#CCN. The number of rotatable bonds is 1. The van der Waals surface area contributed by atoms with Gasteiger partial charge in [0.15, 0.2) is 0 Å². The quantitative estimate of drug-likeness (QED) is 0.791. The minimum absolute atomic E-state index is 0.0784. The van der Waals surface area contributed by atoms with Crippen molar-refractivity contribution >= 4 is 17.7 Å². The molecule has 1 saturated heterocycles. The van der Waals surface area contributed by atoms with Crippen LogP contribution in [0.15, 0.2) is 24.3 Å². The summed E-state index contributed by atoms with van der Waals surface area (Å²) < 4.78 is 0. The Morgan fingerprint density at radius 2 is 2.32 bits per heavy atom. The first-order valence-electron chi connectivity index (χ1n) is 6.40. The fraction of sp³-hybridized carbons (Fsp3) is 0.400. The van der Waals surface area contributed by atoms with E-state index in [9.17, 15) is 4.79 Å². The van der Waals surface area contributed by atoms with Crippen LogP contribution in [0.3, 0.4) is 0 Å². The molecule has 1 heterocycles. The Balaban J connectivity index is 2.27. The van der Waals surface area contributed by atoms with E-state index >= 15 is 0 Å². The molecule has 0 radical (unpaired) electrons. The molecule has 1 atom stereocenters. The summed E-state index contributed by atoms with van der Waals surface area (Å²) in [7, 11) is 0. The molecule has 0 bridgehead atoms. The lowest BCUT2D eigenvalue weighted by molar-refractivity contribution is 0.0716. The summed E-state index contributed by atoms with van der Waals surface area (Å²) in [4.78, 5) is 14.6. The zero-order chi connectivity index (χ0) is 13.7. The Kier molecular flexibility index (Phi) is 4.89. The molecule has 4 heteroatoms. The maximum atomic E-state index is 12.6. The fourth-order valence-corrected chi connectivity index (χ4v) is 3.12. The van der Waals surface area contributed by atoms with E-state index in [2.05, 4.69) is 18.8 Å². The number of carbonyl (C=O) groups is 1. The molecule has 0 saturated carbocycles. The van der Waals surface area contributed by atoms with Gasteiger partial charge >= 0.3 is 0 Å². The minimum Gasteiger partial charge on any atom is -0.334 e. The predicted molar refractivity (Wildman–Crippen MR) is 80.2 cm³/mol. The van der Waals surface area contributed by atoms with E-state index in [0.29, 0.717) is 12.1 Å². The highest BCUT2D eigenvalue weighted by atomic mass is 32.2. The smallest absolute Gasteiger partial charge is 0.255 e. The summed E-state index contributed by atoms with van der Waals surface area (Å²) in [5.74, 6) is 7.88. The maximum Gasteiger partial charge on any atom is 0.255 e. The third-order valence-corrected chi connectivity index (χ3v) is 4.30. The van der Waals surface area contributed by atoms with Gasteiger partial charge in [-0.2, -0.15) is 11.8 Å². The van der Waals surface area contributed by atoms with Crippen molar-refractivity contribution < 1.29 is 4.79 Å². The number of nitrogens with zero attached hydrogens (tertiary/aromatic N) is 1. The van der Waals surface area contributed by atoms with Crippen LogP contribution < -0.4 is 5.73 Å². The van der Waals surface area contributed by atoms with E-state index in [1.165, 1.54) is 0 Å². The van der Waals surface area contributed by atoms with E-state index in [1.807, 2.05) is 40.9 Å². The van der Waals surface area contributed by atoms with Gasteiger partial charge in [0.05, 0.1) is 12.1 Å². The number of hydrogen-bond donors (Lipinski definition) is 1. The largest absolute Gasteiger partial charge is 0.334 e. The Labute approximate surface area is 118 Å². The molecule has 1 aliphatic rings. The zero-order valence-electron chi connectivity index (χ0n) is 11.1. The Morgan fingerprint density at radius 1 is 1.53 bits per heavy atom. The van der Waals surface area contributed by atoms with E-state index in [4.69, 9.17) is 5.73 Å². The molecule has 1 amide bonds. The lowest BCUT2D eigenvalue weighted by Gasteiger charge is -2.33. The predicted octanol–water partition coefficient (Wildman–Crippen LogP) is 1.57. The summed E-state index contributed by atoms with van der Waals surface area (Å²) >= 11 is 1.90. The average Bonchev–Trinajstić information content (AvgIpc) is 2.45. The molecule has 0 spiro atoms. The maximum absolute atomic E-state index is 12.6. The molecular formula is C15H18N2OS. The molecule has 1 fully saturated rings. The second-order valence-electron chi connectivity index (χ2n) is 4.47. The Hall–Kier alpha value is -1.44. The molecule has 1 unspecified atom stereocenters. The van der Waals surface area contributed by atoms with Gasteiger partial charge in [0.2, 0.25) is 0 Å². The first-order chi connectivity index (χ1) is 9.24. The van der Waals surface area contributed by atoms with Crippen LogP contribution >= 0.6 is 11.8 Å². The molecule has 19 heavy (non-hydrogen) atoms. The van der Waals surface area contributed by atoms with Crippen molar-refractivity contribution in [2.45, 2.75) is 13.0 Å². The Morgan fingerprint density at radius 3 is 3.05 bits per heavy atom. The molecule has 0 aromatic heterocycles. The molecule has 2 rings (SSSR count). The van der Waals surface area contributed by atoms with Crippen molar-refractivity contribution in [3.63, 3.8) is 0 Å². The van der Waals surface area contributed by atoms with Crippen LogP contribution in [0.4, 0.5) is 0 Å². The van der Waals surface area contributed by atoms with E-state index in [0.717, 1.165) is 23.6 Å². The standard InChI is InChI=1S/C15H18N2OS/c1-12-11-19-10-9-17(12)15(18)14-7-3-2-5-13(14)6-4-8-16/h2-3,5,7,12H,8-11,16H2,1H3. The second-order valence-corrected chi connectivity index (χ2v) is 5.62. The van der Waals surface area contributed by atoms with Gasteiger partial charge in [-0.15, -0.1) is 0 Å². The van der Waals surface area contributed by atoms with Gasteiger partial charge < -0.3 is 10.6 Å². The highest BCUT2D eigenvalue weighted by Crippen LogP contribution is 2.20.